The molecule has 0 spiro atoms. The molecule has 2 aromatic rings. The molecule has 114 valence electrons. The van der Waals surface area contributed by atoms with E-state index in [-0.39, 0.29) is 30.1 Å². The van der Waals surface area contributed by atoms with Crippen LogP contribution in [0.4, 0.5) is 0 Å². The van der Waals surface area contributed by atoms with E-state index in [0.29, 0.717) is 10.8 Å². The van der Waals surface area contributed by atoms with Gasteiger partial charge in [0.05, 0.1) is 12.0 Å². The van der Waals surface area contributed by atoms with Gasteiger partial charge >= 0.3 is 0 Å². The zero-order valence-corrected chi connectivity index (χ0v) is 12.8. The summed E-state index contributed by atoms with van der Waals surface area (Å²) >= 11 is 5.90. The topological polar surface area (TPSA) is 63.6 Å². The van der Waals surface area contributed by atoms with Gasteiger partial charge in [0.25, 0.3) is 0 Å². The number of aryl methyl sites for hydroxylation is 1. The highest BCUT2D eigenvalue weighted by Gasteiger charge is 2.15. The van der Waals surface area contributed by atoms with Crippen LogP contribution >= 0.6 is 11.6 Å². The number of para-hydroxylation sites is 1. The number of ether oxygens (including phenoxy) is 1. The van der Waals surface area contributed by atoms with Gasteiger partial charge in [0.2, 0.25) is 0 Å². The maximum absolute atomic E-state index is 11.9. The number of phenols is 1. The van der Waals surface area contributed by atoms with Gasteiger partial charge in [-0.1, -0.05) is 23.7 Å². The van der Waals surface area contributed by atoms with E-state index in [2.05, 4.69) is 0 Å². The molecule has 0 unspecified atom stereocenters. The van der Waals surface area contributed by atoms with Crippen molar-refractivity contribution in [3.63, 3.8) is 0 Å². The molecule has 0 atom stereocenters. The third-order valence-electron chi connectivity index (χ3n) is 3.09. The third-order valence-corrected chi connectivity index (χ3v) is 3.52. The first-order valence-corrected chi connectivity index (χ1v) is 7.07. The Hall–Kier alpha value is -2.33. The maximum atomic E-state index is 11.9. The molecule has 0 radical (unpaired) electrons. The van der Waals surface area contributed by atoms with Crippen LogP contribution < -0.4 is 4.74 Å². The lowest BCUT2D eigenvalue weighted by Crippen LogP contribution is -2.16. The molecule has 0 fully saturated rings. The first-order valence-electron chi connectivity index (χ1n) is 6.69. The minimum atomic E-state index is -0.431. The first-order chi connectivity index (χ1) is 10.5. The van der Waals surface area contributed by atoms with Crippen molar-refractivity contribution in [2.24, 2.45) is 0 Å². The van der Waals surface area contributed by atoms with E-state index in [0.717, 1.165) is 5.56 Å². The van der Waals surface area contributed by atoms with E-state index in [1.54, 1.807) is 30.3 Å². The van der Waals surface area contributed by atoms with Crippen LogP contribution in [-0.4, -0.2) is 23.3 Å². The van der Waals surface area contributed by atoms with Gasteiger partial charge in [-0.2, -0.15) is 0 Å². The van der Waals surface area contributed by atoms with E-state index < -0.39 is 5.78 Å². The van der Waals surface area contributed by atoms with Gasteiger partial charge in [-0.25, -0.2) is 0 Å². The lowest BCUT2D eigenvalue weighted by Gasteiger charge is -2.07. The van der Waals surface area contributed by atoms with Crippen LogP contribution in [0, 0.1) is 6.92 Å². The average molecular weight is 319 g/mol. The number of rotatable bonds is 6. The number of carbonyl (C=O) groups is 2. The Morgan fingerprint density at radius 1 is 1.18 bits per heavy atom. The molecule has 0 aliphatic heterocycles. The number of Topliss-reactive ketones (excluding diaryl/α,β-unsaturated/α-hetero) is 2. The molecule has 0 amide bonds. The predicted molar refractivity (Wildman–Crippen MR) is 83.7 cm³/mol. The fraction of sp³-hybridized carbons (Fsp3) is 0.176. The summed E-state index contributed by atoms with van der Waals surface area (Å²) in [5.74, 6) is -0.403. The second-order valence-electron chi connectivity index (χ2n) is 4.86. The molecule has 0 saturated heterocycles. The smallest absolute Gasteiger partial charge is 0.177 e. The summed E-state index contributed by atoms with van der Waals surface area (Å²) in [6.45, 7) is 1.62. The number of ketones is 2. The highest BCUT2D eigenvalue weighted by atomic mass is 35.5. The van der Waals surface area contributed by atoms with E-state index in [1.165, 1.54) is 12.1 Å². The van der Waals surface area contributed by atoms with Crippen molar-refractivity contribution in [3.05, 3.63) is 58.6 Å². The van der Waals surface area contributed by atoms with Crippen molar-refractivity contribution in [2.45, 2.75) is 13.3 Å². The highest BCUT2D eigenvalue weighted by Crippen LogP contribution is 2.21. The second kappa shape index (κ2) is 7.09. The van der Waals surface area contributed by atoms with Gasteiger partial charge < -0.3 is 9.84 Å². The Balaban J connectivity index is 1.92. The predicted octanol–water partition coefficient (Wildman–Crippen LogP) is 3.57. The molecular formula is C17H15ClO4. The fourth-order valence-electron chi connectivity index (χ4n) is 1.91. The van der Waals surface area contributed by atoms with Crippen molar-refractivity contribution in [2.75, 3.05) is 6.61 Å². The quantitative estimate of drug-likeness (QED) is 0.653. The number of phenolic OH excluding ortho intramolecular Hbond substituents is 1. The molecule has 0 saturated carbocycles. The Bertz CT molecular complexity index is 710. The van der Waals surface area contributed by atoms with Crippen LogP contribution in [0.25, 0.3) is 0 Å². The summed E-state index contributed by atoms with van der Waals surface area (Å²) in [4.78, 5) is 23.7. The van der Waals surface area contributed by atoms with E-state index >= 15 is 0 Å². The molecule has 1 N–H and O–H groups in total. The van der Waals surface area contributed by atoms with E-state index in [9.17, 15) is 14.7 Å². The van der Waals surface area contributed by atoms with Crippen LogP contribution in [0.1, 0.15) is 22.3 Å². The number of aromatic hydroxyl groups is 1. The molecule has 4 nitrogen and oxygen atoms in total. The van der Waals surface area contributed by atoms with Crippen molar-refractivity contribution < 1.29 is 19.4 Å². The second-order valence-corrected chi connectivity index (χ2v) is 5.26. The van der Waals surface area contributed by atoms with Crippen LogP contribution in [0.5, 0.6) is 11.5 Å². The zero-order valence-electron chi connectivity index (χ0n) is 12.0. The van der Waals surface area contributed by atoms with Crippen molar-refractivity contribution in [1.29, 1.82) is 0 Å². The number of hydrogen-bond donors (Lipinski definition) is 1. The van der Waals surface area contributed by atoms with Crippen LogP contribution in [-0.2, 0) is 4.79 Å². The Morgan fingerprint density at radius 3 is 2.59 bits per heavy atom. The number of halogens is 1. The summed E-state index contributed by atoms with van der Waals surface area (Å²) in [6.07, 6.45) is -0.315. The third kappa shape index (κ3) is 4.09. The zero-order chi connectivity index (χ0) is 16.1. The molecule has 0 bridgehead atoms. The molecule has 0 aliphatic carbocycles. The number of carbonyl (C=O) groups excluding carboxylic acids is 2. The van der Waals surface area contributed by atoms with Crippen LogP contribution in [0.15, 0.2) is 42.5 Å². The molecule has 2 rings (SSSR count). The van der Waals surface area contributed by atoms with Crippen molar-refractivity contribution in [1.82, 2.24) is 0 Å². The van der Waals surface area contributed by atoms with Crippen molar-refractivity contribution >= 4 is 23.2 Å². The normalized spacial score (nSPS) is 10.3. The van der Waals surface area contributed by atoms with Crippen molar-refractivity contribution in [3.8, 4) is 11.5 Å². The molecular weight excluding hydrogens is 304 g/mol. The number of benzene rings is 2. The summed E-state index contributed by atoms with van der Waals surface area (Å²) in [7, 11) is 0. The monoisotopic (exact) mass is 318 g/mol. The lowest BCUT2D eigenvalue weighted by atomic mass is 10.1. The molecule has 22 heavy (non-hydrogen) atoms. The lowest BCUT2D eigenvalue weighted by molar-refractivity contribution is -0.120. The van der Waals surface area contributed by atoms with Gasteiger partial charge in [-0.05, 0) is 42.8 Å². The van der Waals surface area contributed by atoms with Crippen LogP contribution in [0.3, 0.4) is 0 Å². The Morgan fingerprint density at radius 2 is 1.91 bits per heavy atom. The maximum Gasteiger partial charge on any atom is 0.177 e. The van der Waals surface area contributed by atoms with Gasteiger partial charge in [-0.15, -0.1) is 0 Å². The largest absolute Gasteiger partial charge is 0.507 e. The van der Waals surface area contributed by atoms with Crippen LogP contribution in [0.2, 0.25) is 5.02 Å². The van der Waals surface area contributed by atoms with Gasteiger partial charge in [0.15, 0.2) is 11.6 Å². The molecule has 5 heteroatoms. The summed E-state index contributed by atoms with van der Waals surface area (Å²) in [6, 6.07) is 11.2. The molecule has 2 aromatic carbocycles. The highest BCUT2D eigenvalue weighted by molar-refractivity contribution is 6.31. The van der Waals surface area contributed by atoms with Gasteiger partial charge in [0.1, 0.15) is 18.1 Å². The summed E-state index contributed by atoms with van der Waals surface area (Å²) in [5, 5.41) is 10.2. The van der Waals surface area contributed by atoms with E-state index in [1.807, 2.05) is 6.92 Å². The SMILES string of the molecule is Cc1cc(OCC(=O)CC(=O)c2ccccc2O)ccc1Cl. The van der Waals surface area contributed by atoms with E-state index in [4.69, 9.17) is 16.3 Å². The summed E-state index contributed by atoms with van der Waals surface area (Å²) < 4.78 is 5.35. The molecule has 0 aliphatic rings. The fourth-order valence-corrected chi connectivity index (χ4v) is 2.02. The summed E-state index contributed by atoms with van der Waals surface area (Å²) in [5.41, 5.74) is 0.982. The Kier molecular flexibility index (Phi) is 5.17. The molecule has 0 heterocycles. The first kappa shape index (κ1) is 16.0. The minimum Gasteiger partial charge on any atom is -0.507 e. The Labute approximate surface area is 133 Å². The standard InChI is InChI=1S/C17H15ClO4/c1-11-8-13(6-7-15(11)18)22-10-12(19)9-17(21)14-4-2-3-5-16(14)20/h2-8,20H,9-10H2,1H3. The number of hydrogen-bond acceptors (Lipinski definition) is 4. The van der Waals surface area contributed by atoms with Gasteiger partial charge in [0, 0.05) is 5.02 Å². The minimum absolute atomic E-state index is 0.130. The molecule has 0 aromatic heterocycles. The van der Waals surface area contributed by atoms with Gasteiger partial charge in [-0.3, -0.25) is 9.59 Å². The average Bonchev–Trinajstić information content (AvgIpc) is 2.49.